The van der Waals surface area contributed by atoms with Crippen molar-refractivity contribution in [3.05, 3.63) is 59.7 Å². The molecule has 0 bridgehead atoms. The van der Waals surface area contributed by atoms with Gasteiger partial charge in [-0.3, -0.25) is 9.79 Å². The van der Waals surface area contributed by atoms with Gasteiger partial charge < -0.3 is 21.0 Å². The lowest BCUT2D eigenvalue weighted by molar-refractivity contribution is -0.121. The van der Waals surface area contributed by atoms with Crippen LogP contribution in [0.3, 0.4) is 0 Å². The van der Waals surface area contributed by atoms with Gasteiger partial charge in [-0.05, 0) is 31.5 Å². The molecule has 0 fully saturated rings. The van der Waals surface area contributed by atoms with Gasteiger partial charge in [0.1, 0.15) is 6.54 Å². The zero-order valence-electron chi connectivity index (χ0n) is 14.7. The van der Waals surface area contributed by atoms with Crippen LogP contribution in [-0.4, -0.2) is 34.1 Å². The van der Waals surface area contributed by atoms with Gasteiger partial charge in [0.05, 0.1) is 11.9 Å². The van der Waals surface area contributed by atoms with E-state index >= 15 is 0 Å². The first-order valence-electron chi connectivity index (χ1n) is 8.35. The van der Waals surface area contributed by atoms with E-state index in [4.69, 9.17) is 11.6 Å². The number of aromatic amines is 1. The molecule has 1 aromatic carbocycles. The molecular formula is C18H25N7O. The summed E-state index contributed by atoms with van der Waals surface area (Å²) in [5.74, 6) is 6.13. The second-order valence-electron chi connectivity index (χ2n) is 5.86. The summed E-state index contributed by atoms with van der Waals surface area (Å²) in [6.45, 7) is 4.07. The Hall–Kier alpha value is -3.13. The Morgan fingerprint density at radius 2 is 2.15 bits per heavy atom. The molecule has 0 aliphatic heterocycles. The molecule has 0 radical (unpaired) electrons. The van der Waals surface area contributed by atoms with Gasteiger partial charge in [-0.1, -0.05) is 30.3 Å². The van der Waals surface area contributed by atoms with E-state index in [1.54, 1.807) is 12.4 Å². The van der Waals surface area contributed by atoms with Crippen LogP contribution in [0.15, 0.2) is 53.4 Å². The van der Waals surface area contributed by atoms with Crippen LogP contribution >= 0.6 is 0 Å². The van der Waals surface area contributed by atoms with Crippen molar-refractivity contribution >= 4 is 18.6 Å². The number of imidazole rings is 1. The van der Waals surface area contributed by atoms with E-state index in [9.17, 15) is 4.79 Å². The number of nitrogen functional groups attached to an aromatic ring is 1. The summed E-state index contributed by atoms with van der Waals surface area (Å²) in [6, 6.07) is 9.70. The number of hydrogen-bond acceptors (Lipinski definition) is 6. The molecule has 0 aliphatic rings. The lowest BCUT2D eigenvalue weighted by Crippen LogP contribution is -2.38. The maximum atomic E-state index is 12.0. The maximum Gasteiger partial charge on any atom is 0.241 e. The molecule has 2 rings (SSSR count). The van der Waals surface area contributed by atoms with Gasteiger partial charge in [-0.2, -0.15) is 0 Å². The highest BCUT2D eigenvalue weighted by Gasteiger charge is 2.06. The molecule has 8 nitrogen and oxygen atoms in total. The quantitative estimate of drug-likeness (QED) is 0.291. The number of nitrogens with one attached hydrogen (secondary N) is 2. The van der Waals surface area contributed by atoms with Crippen molar-refractivity contribution in [3.63, 3.8) is 0 Å². The minimum Gasteiger partial charge on any atom is -0.369 e. The topological polar surface area (TPSA) is 125 Å². The monoisotopic (exact) mass is 355 g/mol. The molecular weight excluding hydrogens is 330 g/mol. The molecule has 1 aromatic heterocycles. The third kappa shape index (κ3) is 6.78. The largest absolute Gasteiger partial charge is 0.369 e. The Morgan fingerprint density at radius 1 is 1.38 bits per heavy atom. The van der Waals surface area contributed by atoms with E-state index in [1.165, 1.54) is 5.01 Å². The summed E-state index contributed by atoms with van der Waals surface area (Å²) >= 11 is 0. The summed E-state index contributed by atoms with van der Waals surface area (Å²) in [5.41, 5.74) is 8.26. The number of carbonyl (C=O) groups excluding carboxylic acids is 1. The van der Waals surface area contributed by atoms with Crippen LogP contribution < -0.4 is 16.9 Å². The molecule has 0 saturated heterocycles. The zero-order valence-corrected chi connectivity index (χ0v) is 14.7. The summed E-state index contributed by atoms with van der Waals surface area (Å²) in [6.07, 6.45) is 5.66. The highest BCUT2D eigenvalue weighted by atomic mass is 16.2. The fraction of sp³-hybridized carbons (Fsp3) is 0.278. The van der Waals surface area contributed by atoms with E-state index in [0.717, 1.165) is 29.8 Å². The molecule has 2 aromatic rings. The first-order chi connectivity index (χ1) is 12.6. The van der Waals surface area contributed by atoms with Crippen LogP contribution in [0.1, 0.15) is 24.1 Å². The summed E-state index contributed by atoms with van der Waals surface area (Å²) in [5, 5.41) is 4.15. The molecule has 0 aliphatic carbocycles. The Morgan fingerprint density at radius 3 is 2.81 bits per heavy atom. The number of anilines is 1. The number of H-pyrrole nitrogens is 1. The average Bonchev–Trinajstić information content (AvgIpc) is 3.05. The van der Waals surface area contributed by atoms with Crippen molar-refractivity contribution in [2.75, 3.05) is 12.3 Å². The van der Waals surface area contributed by atoms with Crippen molar-refractivity contribution in [2.24, 2.45) is 10.8 Å². The van der Waals surface area contributed by atoms with Gasteiger partial charge in [0, 0.05) is 18.4 Å². The zero-order chi connectivity index (χ0) is 18.8. The number of carbonyl (C=O) groups is 1. The Labute approximate surface area is 153 Å². The van der Waals surface area contributed by atoms with E-state index < -0.39 is 0 Å². The number of rotatable bonds is 10. The minimum atomic E-state index is -0.163. The van der Waals surface area contributed by atoms with Crippen molar-refractivity contribution in [3.8, 4) is 0 Å². The number of amides is 1. The lowest BCUT2D eigenvalue weighted by atomic mass is 10.1. The van der Waals surface area contributed by atoms with Crippen LogP contribution in [0.2, 0.25) is 0 Å². The molecule has 26 heavy (non-hydrogen) atoms. The molecule has 0 atom stereocenters. The van der Waals surface area contributed by atoms with Gasteiger partial charge in [0.25, 0.3) is 0 Å². The SMILES string of the molecule is C=N/C(=C\N(N)CC(=O)NCc1ccccc1)CCCc1cnc(N)[nH]1. The highest BCUT2D eigenvalue weighted by molar-refractivity contribution is 5.78. The van der Waals surface area contributed by atoms with Gasteiger partial charge in [-0.15, -0.1) is 0 Å². The predicted molar refractivity (Wildman–Crippen MR) is 103 cm³/mol. The van der Waals surface area contributed by atoms with Crippen molar-refractivity contribution in [1.29, 1.82) is 0 Å². The van der Waals surface area contributed by atoms with Crippen LogP contribution in [0, 0.1) is 0 Å². The number of allylic oxidation sites excluding steroid dienone is 1. The third-order valence-corrected chi connectivity index (χ3v) is 3.70. The third-order valence-electron chi connectivity index (χ3n) is 3.70. The number of hydrogen-bond donors (Lipinski definition) is 4. The normalized spacial score (nSPS) is 11.2. The highest BCUT2D eigenvalue weighted by Crippen LogP contribution is 2.10. The van der Waals surface area contributed by atoms with E-state index in [0.29, 0.717) is 18.9 Å². The average molecular weight is 355 g/mol. The molecule has 6 N–H and O–H groups in total. The number of hydrazine groups is 1. The fourth-order valence-corrected chi connectivity index (χ4v) is 2.40. The number of benzene rings is 1. The molecule has 8 heteroatoms. The molecule has 1 heterocycles. The van der Waals surface area contributed by atoms with Crippen molar-refractivity contribution in [2.45, 2.75) is 25.8 Å². The summed E-state index contributed by atoms with van der Waals surface area (Å²) < 4.78 is 0. The summed E-state index contributed by atoms with van der Waals surface area (Å²) in [4.78, 5) is 22.9. The number of aromatic nitrogens is 2. The predicted octanol–water partition coefficient (Wildman–Crippen LogP) is 1.35. The Bertz CT molecular complexity index is 739. The van der Waals surface area contributed by atoms with E-state index in [1.807, 2.05) is 30.3 Å². The van der Waals surface area contributed by atoms with Gasteiger partial charge in [0.15, 0.2) is 5.95 Å². The summed E-state index contributed by atoms with van der Waals surface area (Å²) in [7, 11) is 0. The second kappa shape index (κ2) is 10.00. The van der Waals surface area contributed by atoms with Crippen molar-refractivity contribution < 1.29 is 4.79 Å². The number of nitrogens with two attached hydrogens (primary N) is 2. The first kappa shape index (κ1) is 19.2. The van der Waals surface area contributed by atoms with Gasteiger partial charge in [-0.25, -0.2) is 10.8 Å². The lowest BCUT2D eigenvalue weighted by Gasteiger charge is -2.15. The fourth-order valence-electron chi connectivity index (χ4n) is 2.40. The Balaban J connectivity index is 1.74. The second-order valence-corrected chi connectivity index (χ2v) is 5.86. The van der Waals surface area contributed by atoms with Gasteiger partial charge >= 0.3 is 0 Å². The number of aryl methyl sites for hydroxylation is 1. The smallest absolute Gasteiger partial charge is 0.241 e. The van der Waals surface area contributed by atoms with Crippen LogP contribution in [0.5, 0.6) is 0 Å². The minimum absolute atomic E-state index is 0.0446. The van der Waals surface area contributed by atoms with Gasteiger partial charge in [0.2, 0.25) is 5.91 Å². The number of nitrogens with zero attached hydrogens (tertiary/aromatic N) is 3. The first-order valence-corrected chi connectivity index (χ1v) is 8.35. The Kier molecular flexibility index (Phi) is 7.38. The number of aliphatic imine (C=N–C) groups is 1. The van der Waals surface area contributed by atoms with E-state index in [2.05, 4.69) is 27.0 Å². The maximum absolute atomic E-state index is 12.0. The molecule has 0 spiro atoms. The molecule has 138 valence electrons. The molecule has 0 unspecified atom stereocenters. The van der Waals surface area contributed by atoms with Crippen LogP contribution in [0.25, 0.3) is 0 Å². The van der Waals surface area contributed by atoms with Crippen LogP contribution in [-0.2, 0) is 17.8 Å². The van der Waals surface area contributed by atoms with Crippen molar-refractivity contribution in [1.82, 2.24) is 20.3 Å². The molecule has 0 saturated carbocycles. The van der Waals surface area contributed by atoms with E-state index in [-0.39, 0.29) is 12.5 Å². The molecule has 1 amide bonds. The standard InChI is InChI=1S/C18H25N7O/c1-21-16(9-5-8-15-11-23-18(19)24-15)12-25(20)13-17(26)22-10-14-6-3-2-4-7-14/h2-4,6-7,11-12H,1,5,8-10,13,20H2,(H,22,26)(H3,19,23,24)/b16-12-. The van der Waals surface area contributed by atoms with Crippen LogP contribution in [0.4, 0.5) is 5.95 Å².